The molecule has 0 bridgehead atoms. The van der Waals surface area contributed by atoms with E-state index in [4.69, 9.17) is 9.84 Å². The number of ketones is 1. The van der Waals surface area contributed by atoms with Crippen molar-refractivity contribution < 1.29 is 19.7 Å². The number of epoxide rings is 1. The van der Waals surface area contributed by atoms with Crippen LogP contribution in [0.15, 0.2) is 12.2 Å². The standard InChI is InChI=1S/C7H8O4/c8-3-7-5(10)2-1-4(9)6(7)11-7/h1-2,5-6,8,10H,3H2/t5-,6+,7-/m1/s1. The molecule has 3 atom stereocenters. The summed E-state index contributed by atoms with van der Waals surface area (Å²) in [7, 11) is 0. The molecule has 11 heavy (non-hydrogen) atoms. The van der Waals surface area contributed by atoms with Gasteiger partial charge in [-0.05, 0) is 12.2 Å². The first kappa shape index (κ1) is 6.97. The molecule has 0 amide bonds. The summed E-state index contributed by atoms with van der Waals surface area (Å²) in [5.74, 6) is -0.177. The zero-order valence-electron chi connectivity index (χ0n) is 5.73. The minimum atomic E-state index is -1.01. The lowest BCUT2D eigenvalue weighted by molar-refractivity contribution is -0.116. The Balaban J connectivity index is 2.29. The Morgan fingerprint density at radius 3 is 3.00 bits per heavy atom. The molecule has 0 radical (unpaired) electrons. The van der Waals surface area contributed by atoms with Crippen molar-refractivity contribution in [3.63, 3.8) is 0 Å². The van der Waals surface area contributed by atoms with Crippen molar-refractivity contribution in [3.8, 4) is 0 Å². The van der Waals surface area contributed by atoms with Gasteiger partial charge in [0.2, 0.25) is 0 Å². The van der Waals surface area contributed by atoms with Crippen LogP contribution in [0.5, 0.6) is 0 Å². The van der Waals surface area contributed by atoms with Gasteiger partial charge in [0.25, 0.3) is 0 Å². The fourth-order valence-electron chi connectivity index (χ4n) is 1.36. The fraction of sp³-hybridized carbons (Fsp3) is 0.571. The maximum absolute atomic E-state index is 10.9. The second-order valence-electron chi connectivity index (χ2n) is 2.82. The van der Waals surface area contributed by atoms with E-state index in [1.807, 2.05) is 0 Å². The summed E-state index contributed by atoms with van der Waals surface area (Å²) < 4.78 is 4.93. The third-order valence-corrected chi connectivity index (χ3v) is 2.17. The average Bonchev–Trinajstić information content (AvgIpc) is 2.74. The lowest BCUT2D eigenvalue weighted by Crippen LogP contribution is -2.39. The van der Waals surface area contributed by atoms with Crippen LogP contribution in [0.3, 0.4) is 0 Å². The van der Waals surface area contributed by atoms with E-state index in [2.05, 4.69) is 0 Å². The molecule has 1 fully saturated rings. The Hall–Kier alpha value is -0.710. The minimum absolute atomic E-state index is 0.177. The van der Waals surface area contributed by atoms with Crippen LogP contribution in [-0.4, -0.2) is 40.4 Å². The second-order valence-corrected chi connectivity index (χ2v) is 2.82. The number of fused-ring (bicyclic) bond motifs is 1. The summed E-state index contributed by atoms with van der Waals surface area (Å²) in [6.07, 6.45) is 1.17. The number of hydrogen-bond donors (Lipinski definition) is 2. The maximum atomic E-state index is 10.9. The average molecular weight is 156 g/mol. The van der Waals surface area contributed by atoms with Gasteiger partial charge >= 0.3 is 0 Å². The number of hydrogen-bond acceptors (Lipinski definition) is 4. The van der Waals surface area contributed by atoms with E-state index in [9.17, 15) is 9.90 Å². The highest BCUT2D eigenvalue weighted by molar-refractivity contribution is 5.98. The molecule has 4 heteroatoms. The lowest BCUT2D eigenvalue weighted by Gasteiger charge is -2.15. The monoisotopic (exact) mass is 156 g/mol. The molecule has 0 aromatic carbocycles. The Labute approximate surface area is 63.1 Å². The Bertz CT molecular complexity index is 231. The molecule has 2 N–H and O–H groups in total. The van der Waals surface area contributed by atoms with Crippen molar-refractivity contribution in [2.24, 2.45) is 0 Å². The zero-order chi connectivity index (χ0) is 8.06. The van der Waals surface area contributed by atoms with Gasteiger partial charge in [0, 0.05) is 0 Å². The van der Waals surface area contributed by atoms with Crippen molar-refractivity contribution in [1.29, 1.82) is 0 Å². The van der Waals surface area contributed by atoms with Crippen LogP contribution in [0.25, 0.3) is 0 Å². The smallest absolute Gasteiger partial charge is 0.187 e. The van der Waals surface area contributed by atoms with Crippen molar-refractivity contribution in [2.45, 2.75) is 17.8 Å². The molecule has 0 unspecified atom stereocenters. The van der Waals surface area contributed by atoms with Crippen molar-refractivity contribution in [3.05, 3.63) is 12.2 Å². The van der Waals surface area contributed by atoms with Crippen LogP contribution in [0, 0.1) is 0 Å². The molecule has 2 aliphatic rings. The lowest BCUT2D eigenvalue weighted by atomic mass is 9.91. The number of rotatable bonds is 1. The molecule has 1 heterocycles. The molecular weight excluding hydrogens is 148 g/mol. The van der Waals surface area contributed by atoms with Gasteiger partial charge in [-0.3, -0.25) is 4.79 Å². The van der Waals surface area contributed by atoms with E-state index in [0.29, 0.717) is 0 Å². The number of aliphatic hydroxyl groups is 2. The number of carbonyl (C=O) groups is 1. The largest absolute Gasteiger partial charge is 0.393 e. The van der Waals surface area contributed by atoms with Gasteiger partial charge in [-0.25, -0.2) is 0 Å². The first-order valence-corrected chi connectivity index (χ1v) is 3.39. The molecule has 0 aromatic heterocycles. The second kappa shape index (κ2) is 1.91. The minimum Gasteiger partial charge on any atom is -0.393 e. The van der Waals surface area contributed by atoms with Crippen LogP contribution < -0.4 is 0 Å². The quantitative estimate of drug-likeness (QED) is 0.459. The van der Waals surface area contributed by atoms with Crippen molar-refractivity contribution >= 4 is 5.78 Å². The maximum Gasteiger partial charge on any atom is 0.187 e. The summed E-state index contributed by atoms with van der Waals surface area (Å²) in [5.41, 5.74) is -1.01. The molecular formula is C7H8O4. The van der Waals surface area contributed by atoms with E-state index in [0.717, 1.165) is 0 Å². The van der Waals surface area contributed by atoms with Gasteiger partial charge < -0.3 is 14.9 Å². The Kier molecular flexibility index (Phi) is 1.21. The summed E-state index contributed by atoms with van der Waals surface area (Å²) in [5, 5.41) is 18.1. The number of ether oxygens (including phenoxy) is 1. The molecule has 1 aliphatic heterocycles. The predicted octanol–water partition coefficient (Wildman–Crippen LogP) is -1.38. The highest BCUT2D eigenvalue weighted by atomic mass is 16.6. The van der Waals surface area contributed by atoms with Crippen molar-refractivity contribution in [2.75, 3.05) is 6.61 Å². The topological polar surface area (TPSA) is 70.1 Å². The summed E-state index contributed by atoms with van der Waals surface area (Å²) >= 11 is 0. The van der Waals surface area contributed by atoms with E-state index in [1.54, 1.807) is 0 Å². The molecule has 0 spiro atoms. The van der Waals surface area contributed by atoms with Crippen LogP contribution in [0.1, 0.15) is 0 Å². The van der Waals surface area contributed by atoms with E-state index in [-0.39, 0.29) is 12.4 Å². The molecule has 60 valence electrons. The van der Waals surface area contributed by atoms with Crippen LogP contribution in [0.4, 0.5) is 0 Å². The summed E-state index contributed by atoms with van der Waals surface area (Å²) in [6.45, 7) is -0.311. The predicted molar refractivity (Wildman–Crippen MR) is 34.8 cm³/mol. The third-order valence-electron chi connectivity index (χ3n) is 2.17. The molecule has 0 aromatic rings. The molecule has 2 rings (SSSR count). The Morgan fingerprint density at radius 1 is 1.73 bits per heavy atom. The van der Waals surface area contributed by atoms with Gasteiger partial charge in [0.05, 0.1) is 6.61 Å². The van der Waals surface area contributed by atoms with Gasteiger partial charge in [0.15, 0.2) is 17.5 Å². The van der Waals surface area contributed by atoms with Gasteiger partial charge in [-0.2, -0.15) is 0 Å². The first-order valence-electron chi connectivity index (χ1n) is 3.39. The third kappa shape index (κ3) is 0.714. The van der Waals surface area contributed by atoms with E-state index in [1.165, 1.54) is 12.2 Å². The van der Waals surface area contributed by atoms with Crippen LogP contribution in [-0.2, 0) is 9.53 Å². The number of carbonyl (C=O) groups excluding carboxylic acids is 1. The van der Waals surface area contributed by atoms with E-state index >= 15 is 0 Å². The Morgan fingerprint density at radius 2 is 2.45 bits per heavy atom. The van der Waals surface area contributed by atoms with Crippen molar-refractivity contribution in [1.82, 2.24) is 0 Å². The zero-order valence-corrected chi connectivity index (χ0v) is 5.73. The number of aliphatic hydroxyl groups excluding tert-OH is 2. The fourth-order valence-corrected chi connectivity index (χ4v) is 1.36. The molecule has 1 aliphatic carbocycles. The summed E-state index contributed by atoms with van der Waals surface area (Å²) in [4.78, 5) is 10.9. The first-order chi connectivity index (χ1) is 5.20. The molecule has 4 nitrogen and oxygen atoms in total. The SMILES string of the molecule is O=C1C=C[C@@H](O)[C@@]2(CO)O[C@@H]12. The highest BCUT2D eigenvalue weighted by Gasteiger charge is 2.65. The molecule has 0 saturated carbocycles. The van der Waals surface area contributed by atoms with Gasteiger partial charge in [-0.15, -0.1) is 0 Å². The van der Waals surface area contributed by atoms with Gasteiger partial charge in [-0.1, -0.05) is 0 Å². The van der Waals surface area contributed by atoms with Gasteiger partial charge in [0.1, 0.15) is 6.10 Å². The molecule has 1 saturated heterocycles. The highest BCUT2D eigenvalue weighted by Crippen LogP contribution is 2.43. The normalized spacial score (nSPS) is 47.3. The van der Waals surface area contributed by atoms with E-state index < -0.39 is 17.8 Å². The van der Waals surface area contributed by atoms with Crippen LogP contribution in [0.2, 0.25) is 0 Å². The van der Waals surface area contributed by atoms with Crippen LogP contribution >= 0.6 is 0 Å². The summed E-state index contributed by atoms with van der Waals surface area (Å²) in [6, 6.07) is 0.